The Hall–Kier alpha value is 0.230. The van der Waals surface area contributed by atoms with Gasteiger partial charge in [-0.1, -0.05) is 0 Å². The summed E-state index contributed by atoms with van der Waals surface area (Å²) in [4.78, 5) is 10.4. The first-order chi connectivity index (χ1) is 7.40. The Morgan fingerprint density at radius 2 is 1.76 bits per heavy atom. The average molecular weight is 260 g/mol. The van der Waals surface area contributed by atoms with Crippen molar-refractivity contribution in [3.8, 4) is 0 Å². The second kappa shape index (κ2) is 6.98. The number of carboxylic acids is 1. The van der Waals surface area contributed by atoms with Crippen LogP contribution in [0.4, 0.5) is 0 Å². The van der Waals surface area contributed by atoms with Gasteiger partial charge in [0.1, 0.15) is 36.6 Å². The molecular formula is C8H13NaO8. The van der Waals surface area contributed by atoms with Gasteiger partial charge in [-0.25, -0.2) is 0 Å². The van der Waals surface area contributed by atoms with Crippen LogP contribution in [-0.4, -0.2) is 74.7 Å². The molecule has 0 amide bonds. The van der Waals surface area contributed by atoms with Crippen molar-refractivity contribution in [3.63, 3.8) is 0 Å². The topological polar surface area (TPSA) is 151 Å². The number of aliphatic hydroxyl groups is 5. The molecule has 0 aromatic heterocycles. The normalized spacial score (nSPS) is 39.2. The molecule has 5 N–H and O–H groups in total. The van der Waals surface area contributed by atoms with Gasteiger partial charge >= 0.3 is 29.6 Å². The van der Waals surface area contributed by atoms with Gasteiger partial charge < -0.3 is 40.2 Å². The summed E-state index contributed by atoms with van der Waals surface area (Å²) < 4.78 is 4.77. The van der Waals surface area contributed by atoms with Gasteiger partial charge in [0.2, 0.25) is 0 Å². The van der Waals surface area contributed by atoms with Crippen molar-refractivity contribution >= 4 is 5.97 Å². The Bertz CT molecular complexity index is 260. The first-order valence-corrected chi connectivity index (χ1v) is 4.59. The van der Waals surface area contributed by atoms with Crippen molar-refractivity contribution in [2.24, 2.45) is 0 Å². The Morgan fingerprint density at radius 3 is 2.18 bits per heavy atom. The van der Waals surface area contributed by atoms with E-state index in [0.29, 0.717) is 0 Å². The second-order valence-corrected chi connectivity index (χ2v) is 3.56. The summed E-state index contributed by atoms with van der Waals surface area (Å²) in [5.74, 6) is -1.88. The van der Waals surface area contributed by atoms with Gasteiger partial charge in [-0.3, -0.25) is 0 Å². The molecule has 0 bridgehead atoms. The van der Waals surface area contributed by atoms with Crippen LogP contribution in [0.1, 0.15) is 0 Å². The van der Waals surface area contributed by atoms with E-state index in [1.165, 1.54) is 0 Å². The molecule has 0 spiro atoms. The Kier molecular flexibility index (Phi) is 7.07. The van der Waals surface area contributed by atoms with Gasteiger partial charge in [-0.15, -0.1) is 0 Å². The first-order valence-electron chi connectivity index (χ1n) is 4.59. The fraction of sp³-hybridized carbons (Fsp3) is 0.875. The molecule has 6 atom stereocenters. The second-order valence-electron chi connectivity index (χ2n) is 3.56. The Labute approximate surface area is 119 Å². The van der Waals surface area contributed by atoms with E-state index in [-0.39, 0.29) is 29.6 Å². The molecule has 1 saturated heterocycles. The number of rotatable bonds is 3. The van der Waals surface area contributed by atoms with Crippen molar-refractivity contribution in [3.05, 3.63) is 0 Å². The third-order valence-electron chi connectivity index (χ3n) is 2.48. The van der Waals surface area contributed by atoms with Crippen LogP contribution in [0, 0.1) is 0 Å². The molecule has 17 heavy (non-hydrogen) atoms. The molecule has 1 aliphatic rings. The van der Waals surface area contributed by atoms with E-state index in [0.717, 1.165) is 0 Å². The van der Waals surface area contributed by atoms with E-state index in [9.17, 15) is 25.2 Å². The molecule has 1 rings (SSSR count). The van der Waals surface area contributed by atoms with Gasteiger partial charge in [-0.05, 0) is 0 Å². The molecule has 1 fully saturated rings. The van der Waals surface area contributed by atoms with Crippen LogP contribution in [0.15, 0.2) is 0 Å². The van der Waals surface area contributed by atoms with Gasteiger partial charge in [-0.2, -0.15) is 0 Å². The molecule has 94 valence electrons. The van der Waals surface area contributed by atoms with Gasteiger partial charge in [0.05, 0.1) is 12.6 Å². The molecule has 0 aromatic carbocycles. The van der Waals surface area contributed by atoms with E-state index in [1.54, 1.807) is 0 Å². The first kappa shape index (κ1) is 17.2. The molecule has 0 saturated carbocycles. The molecule has 0 radical (unpaired) electrons. The minimum absolute atomic E-state index is 0. The maximum Gasteiger partial charge on any atom is 1.00 e. The summed E-state index contributed by atoms with van der Waals surface area (Å²) in [6.45, 7) is -0.693. The zero-order valence-electron chi connectivity index (χ0n) is 9.13. The fourth-order valence-electron chi connectivity index (χ4n) is 1.53. The maximum atomic E-state index is 10.4. The van der Waals surface area contributed by atoms with E-state index >= 15 is 0 Å². The number of carboxylic acid groups (broad SMARTS) is 1. The number of hydrogen-bond donors (Lipinski definition) is 5. The number of aliphatic carboxylic acids is 1. The van der Waals surface area contributed by atoms with Crippen LogP contribution < -0.4 is 34.7 Å². The zero-order valence-corrected chi connectivity index (χ0v) is 11.1. The van der Waals surface area contributed by atoms with Crippen molar-refractivity contribution in [2.45, 2.75) is 36.6 Å². The quantitative estimate of drug-likeness (QED) is 0.314. The number of aliphatic hydroxyl groups excluding tert-OH is 5. The van der Waals surface area contributed by atoms with Crippen LogP contribution >= 0.6 is 0 Å². The van der Waals surface area contributed by atoms with Crippen molar-refractivity contribution in [1.82, 2.24) is 0 Å². The molecule has 8 nitrogen and oxygen atoms in total. The fourth-order valence-corrected chi connectivity index (χ4v) is 1.53. The van der Waals surface area contributed by atoms with E-state index in [2.05, 4.69) is 0 Å². The predicted octanol–water partition coefficient (Wildman–Crippen LogP) is -8.06. The number of hydrogen-bond acceptors (Lipinski definition) is 8. The average Bonchev–Trinajstić information content (AvgIpc) is 2.25. The molecular weight excluding hydrogens is 247 g/mol. The smallest absolute Gasteiger partial charge is 0.547 e. The number of carbonyl (C=O) groups is 1. The Morgan fingerprint density at radius 1 is 1.24 bits per heavy atom. The number of carbonyl (C=O) groups excluding carboxylic acids is 1. The van der Waals surface area contributed by atoms with Crippen molar-refractivity contribution in [2.75, 3.05) is 6.61 Å². The van der Waals surface area contributed by atoms with Gasteiger partial charge in [0, 0.05) is 0 Å². The van der Waals surface area contributed by atoms with E-state index < -0.39 is 49.2 Å². The Balaban J connectivity index is 0.00000256. The predicted molar refractivity (Wildman–Crippen MR) is 44.8 cm³/mol. The SMILES string of the molecule is O=C([O-])C(O)C1O[C@H](CO)[C@@H](O)[C@H](O)[C@H]1O.[Na+]. The van der Waals surface area contributed by atoms with Crippen LogP contribution in [-0.2, 0) is 9.53 Å². The van der Waals surface area contributed by atoms with Crippen LogP contribution in [0.25, 0.3) is 0 Å². The summed E-state index contributed by atoms with van der Waals surface area (Å²) in [5.41, 5.74) is 0. The summed E-state index contributed by atoms with van der Waals surface area (Å²) in [6.07, 6.45) is -10.2. The largest absolute Gasteiger partial charge is 1.00 e. The number of ether oxygens (including phenoxy) is 1. The summed E-state index contributed by atoms with van der Waals surface area (Å²) in [7, 11) is 0. The van der Waals surface area contributed by atoms with Crippen molar-refractivity contribution in [1.29, 1.82) is 0 Å². The third-order valence-corrected chi connectivity index (χ3v) is 2.48. The molecule has 2 unspecified atom stereocenters. The zero-order chi connectivity index (χ0) is 12.5. The minimum atomic E-state index is -2.16. The standard InChI is InChI=1S/C8H14O8.Na/c9-1-2-3(10)4(11)5(12)7(16-2)6(13)8(14)15;/h2-7,9-13H,1H2,(H,14,15);/q;+1/p-1/t2-,3-,4+,5-,6?,7?;/m1./s1. The maximum absolute atomic E-state index is 10.4. The van der Waals surface area contributed by atoms with Crippen LogP contribution in [0.3, 0.4) is 0 Å². The molecule has 1 heterocycles. The van der Waals surface area contributed by atoms with Gasteiger partial charge in [0.25, 0.3) is 0 Å². The molecule has 1 aliphatic heterocycles. The molecule has 0 aromatic rings. The van der Waals surface area contributed by atoms with Crippen LogP contribution in [0.5, 0.6) is 0 Å². The van der Waals surface area contributed by atoms with Crippen molar-refractivity contribution < 1.29 is 69.7 Å². The molecule has 0 aliphatic carbocycles. The summed E-state index contributed by atoms with van der Waals surface area (Å²) in [6, 6.07) is 0. The monoisotopic (exact) mass is 260 g/mol. The minimum Gasteiger partial charge on any atom is -0.547 e. The van der Waals surface area contributed by atoms with E-state index in [4.69, 9.17) is 14.9 Å². The van der Waals surface area contributed by atoms with Gasteiger partial charge in [0.15, 0.2) is 0 Å². The summed E-state index contributed by atoms with van der Waals surface area (Å²) >= 11 is 0. The molecule has 9 heteroatoms. The van der Waals surface area contributed by atoms with Crippen LogP contribution in [0.2, 0.25) is 0 Å². The summed E-state index contributed by atoms with van der Waals surface area (Å²) in [5, 5.41) is 56.3. The third kappa shape index (κ3) is 3.60. The van der Waals surface area contributed by atoms with E-state index in [1.807, 2.05) is 0 Å².